The average Bonchev–Trinajstić information content (AvgIpc) is 2.50. The number of carbonyl (C=O) groups excluding carboxylic acids is 1. The number of nitrogens with one attached hydrogen (secondary N) is 1. The highest BCUT2D eigenvalue weighted by Crippen LogP contribution is 2.34. The normalized spacial score (nSPS) is 13.1. The third-order valence-corrected chi connectivity index (χ3v) is 4.29. The van der Waals surface area contributed by atoms with Gasteiger partial charge in [0.15, 0.2) is 0 Å². The Balaban J connectivity index is 2.26. The molecule has 1 amide bonds. The lowest BCUT2D eigenvalue weighted by atomic mass is 9.99. The number of hydrogen-bond acceptors (Lipinski definition) is 4. The van der Waals surface area contributed by atoms with Crippen LogP contribution in [0.3, 0.4) is 0 Å². The largest absolute Gasteiger partial charge is 0.506 e. The van der Waals surface area contributed by atoms with Crippen LogP contribution in [0, 0.1) is 0 Å². The molecule has 1 aliphatic rings. The van der Waals surface area contributed by atoms with E-state index < -0.39 is 35.3 Å². The summed E-state index contributed by atoms with van der Waals surface area (Å²) in [6.07, 6.45) is 1.53. The van der Waals surface area contributed by atoms with Gasteiger partial charge in [0.1, 0.15) is 17.9 Å². The van der Waals surface area contributed by atoms with E-state index in [1.807, 2.05) is 6.07 Å². The Hall–Kier alpha value is -2.35. The molecule has 120 valence electrons. The van der Waals surface area contributed by atoms with Crippen molar-refractivity contribution in [2.75, 3.05) is 6.54 Å². The van der Waals surface area contributed by atoms with E-state index >= 15 is 0 Å². The third-order valence-electron chi connectivity index (χ3n) is 3.83. The molecule has 3 rings (SSSR count). The Labute approximate surface area is 138 Å². The van der Waals surface area contributed by atoms with Gasteiger partial charge >= 0.3 is 5.97 Å². The molecule has 1 aliphatic heterocycles. The molecule has 0 atom stereocenters. The van der Waals surface area contributed by atoms with Crippen molar-refractivity contribution in [1.29, 1.82) is 0 Å². The van der Waals surface area contributed by atoms with Gasteiger partial charge in [-0.25, -0.2) is 0 Å². The van der Waals surface area contributed by atoms with E-state index in [4.69, 9.17) is 5.11 Å². The second kappa shape index (κ2) is 5.69. The van der Waals surface area contributed by atoms with Crippen molar-refractivity contribution in [2.45, 2.75) is 19.4 Å². The Morgan fingerprint density at radius 1 is 1.35 bits per heavy atom. The van der Waals surface area contributed by atoms with Crippen LogP contribution in [-0.2, 0) is 17.8 Å². The lowest BCUT2D eigenvalue weighted by Gasteiger charge is -2.21. The van der Waals surface area contributed by atoms with Crippen molar-refractivity contribution >= 4 is 38.7 Å². The Kier molecular flexibility index (Phi) is 3.85. The summed E-state index contributed by atoms with van der Waals surface area (Å²) in [5, 5.41) is 21.6. The summed E-state index contributed by atoms with van der Waals surface area (Å²) in [7, 11) is 0. The molecule has 7 nitrogen and oxygen atoms in total. The molecule has 2 heterocycles. The van der Waals surface area contributed by atoms with Gasteiger partial charge in [0.25, 0.3) is 11.5 Å². The number of aromatic nitrogens is 1. The first-order valence-electron chi connectivity index (χ1n) is 6.98. The molecule has 0 bridgehead atoms. The number of carboxylic acid groups (broad SMARTS) is 1. The van der Waals surface area contributed by atoms with E-state index in [0.29, 0.717) is 17.4 Å². The maximum Gasteiger partial charge on any atom is 0.322 e. The van der Waals surface area contributed by atoms with E-state index in [1.54, 1.807) is 6.07 Å². The quantitative estimate of drug-likeness (QED) is 0.741. The summed E-state index contributed by atoms with van der Waals surface area (Å²) in [6.45, 7) is -0.178. The Morgan fingerprint density at radius 2 is 2.09 bits per heavy atom. The SMILES string of the molecule is O=C(O)CNC(=O)c1c(O)c2cc(Br)cc3c2n(c1=O)CCC3. The van der Waals surface area contributed by atoms with E-state index in [2.05, 4.69) is 21.2 Å². The molecule has 0 fully saturated rings. The minimum absolute atomic E-state index is 0.397. The molecular formula is C15H13BrN2O5. The van der Waals surface area contributed by atoms with E-state index in [0.717, 1.165) is 22.9 Å². The van der Waals surface area contributed by atoms with Gasteiger partial charge in [-0.15, -0.1) is 0 Å². The molecule has 1 aromatic carbocycles. The summed E-state index contributed by atoms with van der Waals surface area (Å²) < 4.78 is 2.20. The van der Waals surface area contributed by atoms with Crippen molar-refractivity contribution in [1.82, 2.24) is 9.88 Å². The number of carboxylic acids is 1. The van der Waals surface area contributed by atoms with Gasteiger partial charge in [-0.3, -0.25) is 14.4 Å². The van der Waals surface area contributed by atoms with Crippen LogP contribution in [0.5, 0.6) is 5.75 Å². The number of nitrogens with zero attached hydrogens (tertiary/aromatic N) is 1. The molecule has 2 aromatic rings. The highest BCUT2D eigenvalue weighted by Gasteiger charge is 2.25. The number of rotatable bonds is 3. The van der Waals surface area contributed by atoms with Crippen molar-refractivity contribution in [2.24, 2.45) is 0 Å². The number of benzene rings is 1. The number of aliphatic carboxylic acids is 1. The monoisotopic (exact) mass is 380 g/mol. The topological polar surface area (TPSA) is 109 Å². The number of halogens is 1. The van der Waals surface area contributed by atoms with Gasteiger partial charge in [-0.1, -0.05) is 15.9 Å². The van der Waals surface area contributed by atoms with Crippen LogP contribution < -0.4 is 10.9 Å². The average molecular weight is 381 g/mol. The molecule has 0 saturated carbocycles. The number of hydrogen-bond donors (Lipinski definition) is 3. The lowest BCUT2D eigenvalue weighted by Crippen LogP contribution is -2.36. The number of amides is 1. The molecule has 23 heavy (non-hydrogen) atoms. The number of aromatic hydroxyl groups is 1. The van der Waals surface area contributed by atoms with Crippen LogP contribution in [-0.4, -0.2) is 33.2 Å². The lowest BCUT2D eigenvalue weighted by molar-refractivity contribution is -0.135. The Bertz CT molecular complexity index is 903. The van der Waals surface area contributed by atoms with E-state index in [-0.39, 0.29) is 0 Å². The second-order valence-corrected chi connectivity index (χ2v) is 6.24. The van der Waals surface area contributed by atoms with Gasteiger partial charge in [0, 0.05) is 16.4 Å². The summed E-state index contributed by atoms with van der Waals surface area (Å²) in [6, 6.07) is 3.53. The Morgan fingerprint density at radius 3 is 2.78 bits per heavy atom. The molecule has 1 aromatic heterocycles. The van der Waals surface area contributed by atoms with Crippen molar-refractivity contribution < 1.29 is 19.8 Å². The fourth-order valence-corrected chi connectivity index (χ4v) is 3.41. The first-order chi connectivity index (χ1) is 10.9. The molecule has 8 heteroatoms. The number of pyridine rings is 1. The third kappa shape index (κ3) is 2.59. The number of aryl methyl sites for hydroxylation is 2. The van der Waals surface area contributed by atoms with Crippen LogP contribution in [0.1, 0.15) is 22.3 Å². The predicted molar refractivity (Wildman–Crippen MR) is 85.9 cm³/mol. The van der Waals surface area contributed by atoms with Crippen molar-refractivity contribution in [3.63, 3.8) is 0 Å². The first-order valence-corrected chi connectivity index (χ1v) is 7.77. The highest BCUT2D eigenvalue weighted by atomic mass is 79.9. The van der Waals surface area contributed by atoms with Crippen LogP contribution in [0.15, 0.2) is 21.4 Å². The van der Waals surface area contributed by atoms with Gasteiger partial charge in [-0.05, 0) is 30.5 Å². The molecule has 0 saturated heterocycles. The van der Waals surface area contributed by atoms with Crippen LogP contribution in [0.2, 0.25) is 0 Å². The van der Waals surface area contributed by atoms with Gasteiger partial charge in [-0.2, -0.15) is 0 Å². The smallest absolute Gasteiger partial charge is 0.322 e. The maximum atomic E-state index is 12.6. The molecule has 0 unspecified atom stereocenters. The summed E-state index contributed by atoms with van der Waals surface area (Å²) in [5.74, 6) is -2.55. The fourth-order valence-electron chi connectivity index (χ4n) is 2.91. The minimum Gasteiger partial charge on any atom is -0.506 e. The predicted octanol–water partition coefficient (Wildman–Crippen LogP) is 1.23. The zero-order valence-corrected chi connectivity index (χ0v) is 13.5. The molecule has 0 spiro atoms. The van der Waals surface area contributed by atoms with Crippen molar-refractivity contribution in [3.05, 3.63) is 38.1 Å². The second-order valence-electron chi connectivity index (χ2n) is 5.32. The van der Waals surface area contributed by atoms with Crippen LogP contribution >= 0.6 is 15.9 Å². The van der Waals surface area contributed by atoms with Crippen LogP contribution in [0.25, 0.3) is 10.9 Å². The molecular weight excluding hydrogens is 368 g/mol. The zero-order valence-electron chi connectivity index (χ0n) is 11.9. The first kappa shape index (κ1) is 15.5. The summed E-state index contributed by atoms with van der Waals surface area (Å²) >= 11 is 3.36. The van der Waals surface area contributed by atoms with Gasteiger partial charge in [0.05, 0.1) is 5.52 Å². The van der Waals surface area contributed by atoms with Gasteiger partial charge < -0.3 is 20.1 Å². The maximum absolute atomic E-state index is 12.6. The van der Waals surface area contributed by atoms with E-state index in [1.165, 1.54) is 4.57 Å². The molecule has 0 radical (unpaired) electrons. The molecule has 3 N–H and O–H groups in total. The van der Waals surface area contributed by atoms with Gasteiger partial charge in [0.2, 0.25) is 0 Å². The van der Waals surface area contributed by atoms with Crippen LogP contribution in [0.4, 0.5) is 0 Å². The van der Waals surface area contributed by atoms with Crippen molar-refractivity contribution in [3.8, 4) is 5.75 Å². The summed E-state index contributed by atoms with van der Waals surface area (Å²) in [5.41, 5.74) is 0.508. The van der Waals surface area contributed by atoms with E-state index in [9.17, 15) is 19.5 Å². The minimum atomic E-state index is -1.23. The zero-order chi connectivity index (χ0) is 16.7. The number of carbonyl (C=O) groups is 2. The summed E-state index contributed by atoms with van der Waals surface area (Å²) in [4.78, 5) is 35.3. The highest BCUT2D eigenvalue weighted by molar-refractivity contribution is 9.10. The fraction of sp³-hybridized carbons (Fsp3) is 0.267. The standard InChI is InChI=1S/C15H13BrN2O5/c16-8-4-7-2-1-3-18-12(7)9(5-8)13(21)11(15(18)23)14(22)17-6-10(19)20/h4-5,21H,1-3,6H2,(H,17,22)(H,19,20). The molecule has 0 aliphatic carbocycles.